The molecule has 19 heavy (non-hydrogen) atoms. The second kappa shape index (κ2) is 6.71. The molecule has 1 aromatic carbocycles. The number of carbonyl (C=O) groups excluding carboxylic acids is 1. The topological polar surface area (TPSA) is 40.5 Å². The molecule has 1 fully saturated rings. The first-order valence-corrected chi connectivity index (χ1v) is 7.24. The van der Waals surface area contributed by atoms with E-state index in [9.17, 15) is 9.90 Å². The maximum Gasteiger partial charge on any atom is 0.230 e. The number of hydrogen-bond acceptors (Lipinski definition) is 2. The van der Waals surface area contributed by atoms with Gasteiger partial charge in [-0.3, -0.25) is 4.79 Å². The molecule has 104 valence electrons. The highest BCUT2D eigenvalue weighted by Gasteiger charge is 2.30. The van der Waals surface area contributed by atoms with Crippen LogP contribution < -0.4 is 0 Å². The van der Waals surface area contributed by atoms with Crippen LogP contribution in [0.5, 0.6) is 0 Å². The number of likely N-dealkylation sites (tertiary alicyclic amines) is 1. The van der Waals surface area contributed by atoms with E-state index in [-0.39, 0.29) is 24.5 Å². The highest BCUT2D eigenvalue weighted by Crippen LogP contribution is 2.26. The van der Waals surface area contributed by atoms with Gasteiger partial charge in [-0.15, -0.1) is 0 Å². The number of amides is 1. The van der Waals surface area contributed by atoms with E-state index >= 15 is 0 Å². The van der Waals surface area contributed by atoms with Gasteiger partial charge in [-0.1, -0.05) is 37.3 Å². The van der Waals surface area contributed by atoms with Crippen LogP contribution in [0.4, 0.5) is 0 Å². The summed E-state index contributed by atoms with van der Waals surface area (Å²) in [6.45, 7) is 2.91. The third kappa shape index (κ3) is 3.16. The summed E-state index contributed by atoms with van der Waals surface area (Å²) in [5.74, 6) is 0.0980. The minimum Gasteiger partial charge on any atom is -0.394 e. The van der Waals surface area contributed by atoms with Crippen molar-refractivity contribution in [2.75, 3.05) is 13.2 Å². The van der Waals surface area contributed by atoms with Gasteiger partial charge in [0.1, 0.15) is 0 Å². The van der Waals surface area contributed by atoms with Crippen molar-refractivity contribution in [3.63, 3.8) is 0 Å². The molecule has 2 unspecified atom stereocenters. The molecule has 0 aromatic heterocycles. The van der Waals surface area contributed by atoms with Gasteiger partial charge in [0.15, 0.2) is 0 Å². The number of aliphatic hydroxyl groups is 1. The molecule has 3 nitrogen and oxygen atoms in total. The van der Waals surface area contributed by atoms with Gasteiger partial charge in [0, 0.05) is 6.54 Å². The van der Waals surface area contributed by atoms with Gasteiger partial charge in [-0.2, -0.15) is 0 Å². The van der Waals surface area contributed by atoms with Crippen molar-refractivity contribution in [1.82, 2.24) is 4.90 Å². The molecule has 0 radical (unpaired) electrons. The van der Waals surface area contributed by atoms with E-state index < -0.39 is 0 Å². The van der Waals surface area contributed by atoms with E-state index in [1.165, 1.54) is 0 Å². The van der Waals surface area contributed by atoms with Gasteiger partial charge in [0.05, 0.1) is 18.6 Å². The third-order valence-corrected chi connectivity index (χ3v) is 4.03. The van der Waals surface area contributed by atoms with Gasteiger partial charge >= 0.3 is 0 Å². The van der Waals surface area contributed by atoms with Crippen LogP contribution >= 0.6 is 0 Å². The van der Waals surface area contributed by atoms with E-state index in [1.807, 2.05) is 42.2 Å². The number of hydrogen-bond donors (Lipinski definition) is 1. The van der Waals surface area contributed by atoms with Crippen LogP contribution in [0.1, 0.15) is 44.1 Å². The number of benzene rings is 1. The quantitative estimate of drug-likeness (QED) is 0.905. The second-order valence-corrected chi connectivity index (χ2v) is 5.24. The maximum absolute atomic E-state index is 12.7. The highest BCUT2D eigenvalue weighted by atomic mass is 16.3. The molecule has 1 amide bonds. The lowest BCUT2D eigenvalue weighted by molar-refractivity contribution is -0.137. The lowest BCUT2D eigenvalue weighted by Crippen LogP contribution is -2.47. The molecule has 0 saturated carbocycles. The van der Waals surface area contributed by atoms with Crippen molar-refractivity contribution in [1.29, 1.82) is 0 Å². The fourth-order valence-corrected chi connectivity index (χ4v) is 2.92. The van der Waals surface area contributed by atoms with E-state index in [2.05, 4.69) is 0 Å². The summed E-state index contributed by atoms with van der Waals surface area (Å²) in [4.78, 5) is 14.6. The number of rotatable bonds is 4. The number of carbonyl (C=O) groups is 1. The van der Waals surface area contributed by atoms with Gasteiger partial charge in [0.25, 0.3) is 0 Å². The van der Waals surface area contributed by atoms with Crippen LogP contribution in [0.2, 0.25) is 0 Å². The summed E-state index contributed by atoms with van der Waals surface area (Å²) in [5, 5.41) is 9.44. The average Bonchev–Trinajstić information content (AvgIpc) is 2.49. The lowest BCUT2D eigenvalue weighted by atomic mass is 9.92. The Kier molecular flexibility index (Phi) is 4.97. The number of piperidine rings is 1. The minimum absolute atomic E-state index is 0.0130. The Balaban J connectivity index is 2.16. The summed E-state index contributed by atoms with van der Waals surface area (Å²) < 4.78 is 0. The molecule has 1 aromatic rings. The van der Waals surface area contributed by atoms with Gasteiger partial charge in [-0.05, 0) is 31.2 Å². The van der Waals surface area contributed by atoms with Crippen molar-refractivity contribution < 1.29 is 9.90 Å². The molecule has 0 spiro atoms. The molecule has 1 N–H and O–H groups in total. The molecule has 1 heterocycles. The van der Waals surface area contributed by atoms with Gasteiger partial charge in [-0.25, -0.2) is 0 Å². The van der Waals surface area contributed by atoms with Crippen LogP contribution in [-0.2, 0) is 4.79 Å². The molecule has 2 atom stereocenters. The van der Waals surface area contributed by atoms with Crippen LogP contribution in [0.3, 0.4) is 0 Å². The molecule has 1 aliphatic heterocycles. The Morgan fingerprint density at radius 1 is 1.37 bits per heavy atom. The molecule has 2 rings (SSSR count). The predicted molar refractivity (Wildman–Crippen MR) is 75.9 cm³/mol. The monoisotopic (exact) mass is 261 g/mol. The average molecular weight is 261 g/mol. The van der Waals surface area contributed by atoms with Crippen LogP contribution in [0, 0.1) is 0 Å². The summed E-state index contributed by atoms with van der Waals surface area (Å²) in [7, 11) is 0. The summed E-state index contributed by atoms with van der Waals surface area (Å²) in [6, 6.07) is 9.97. The smallest absolute Gasteiger partial charge is 0.230 e. The molecule has 3 heteroatoms. The minimum atomic E-state index is -0.0756. The third-order valence-electron chi connectivity index (χ3n) is 4.03. The van der Waals surface area contributed by atoms with Crippen LogP contribution in [0.15, 0.2) is 30.3 Å². The van der Waals surface area contributed by atoms with Crippen molar-refractivity contribution in [3.8, 4) is 0 Å². The van der Waals surface area contributed by atoms with Gasteiger partial charge < -0.3 is 10.0 Å². The van der Waals surface area contributed by atoms with Crippen molar-refractivity contribution in [2.24, 2.45) is 0 Å². The van der Waals surface area contributed by atoms with Crippen molar-refractivity contribution in [2.45, 2.75) is 44.6 Å². The first-order valence-electron chi connectivity index (χ1n) is 7.24. The zero-order chi connectivity index (χ0) is 13.7. The van der Waals surface area contributed by atoms with Gasteiger partial charge in [0.2, 0.25) is 5.91 Å². The highest BCUT2D eigenvalue weighted by molar-refractivity contribution is 5.84. The maximum atomic E-state index is 12.7. The lowest BCUT2D eigenvalue weighted by Gasteiger charge is -2.37. The largest absolute Gasteiger partial charge is 0.394 e. The Labute approximate surface area is 115 Å². The Hall–Kier alpha value is -1.35. The Morgan fingerprint density at radius 2 is 2.11 bits per heavy atom. The summed E-state index contributed by atoms with van der Waals surface area (Å²) in [6.07, 6.45) is 3.88. The van der Waals surface area contributed by atoms with E-state index in [4.69, 9.17) is 0 Å². The predicted octanol–water partition coefficient (Wildman–Crippen LogP) is 2.55. The molecule has 1 saturated heterocycles. The van der Waals surface area contributed by atoms with Crippen molar-refractivity contribution >= 4 is 5.91 Å². The second-order valence-electron chi connectivity index (χ2n) is 5.24. The number of aliphatic hydroxyl groups excluding tert-OH is 1. The zero-order valence-corrected chi connectivity index (χ0v) is 11.6. The molecular formula is C16H23NO2. The van der Waals surface area contributed by atoms with Crippen molar-refractivity contribution in [3.05, 3.63) is 35.9 Å². The standard InChI is InChI=1S/C16H23NO2/c1-2-15(13-8-4-3-5-9-13)16(19)17-11-7-6-10-14(17)12-18/h3-5,8-9,14-15,18H,2,6-7,10-12H2,1H3. The first kappa shape index (κ1) is 14.1. The molecular weight excluding hydrogens is 238 g/mol. The summed E-state index contributed by atoms with van der Waals surface area (Å²) >= 11 is 0. The fourth-order valence-electron chi connectivity index (χ4n) is 2.92. The normalized spacial score (nSPS) is 21.2. The first-order chi connectivity index (χ1) is 9.27. The van der Waals surface area contributed by atoms with Crippen LogP contribution in [-0.4, -0.2) is 35.1 Å². The van der Waals surface area contributed by atoms with E-state index in [0.717, 1.165) is 37.8 Å². The summed E-state index contributed by atoms with van der Waals surface area (Å²) in [5.41, 5.74) is 1.08. The molecule has 1 aliphatic rings. The zero-order valence-electron chi connectivity index (χ0n) is 11.6. The Morgan fingerprint density at radius 3 is 2.74 bits per heavy atom. The fraction of sp³-hybridized carbons (Fsp3) is 0.562. The number of nitrogens with zero attached hydrogens (tertiary/aromatic N) is 1. The Bertz CT molecular complexity index is 404. The van der Waals surface area contributed by atoms with E-state index in [1.54, 1.807) is 0 Å². The van der Waals surface area contributed by atoms with Crippen LogP contribution in [0.25, 0.3) is 0 Å². The molecule has 0 aliphatic carbocycles. The van der Waals surface area contributed by atoms with E-state index in [0.29, 0.717) is 0 Å². The SMILES string of the molecule is CCC(C(=O)N1CCCCC1CO)c1ccccc1. The molecule has 0 bridgehead atoms.